The van der Waals surface area contributed by atoms with E-state index in [2.05, 4.69) is 14.9 Å². The Labute approximate surface area is 188 Å². The number of hydrogen-bond acceptors (Lipinski definition) is 5. The van der Waals surface area contributed by atoms with Gasteiger partial charge >= 0.3 is 6.18 Å². The molecule has 6 nitrogen and oxygen atoms in total. The molecule has 176 valence electrons. The lowest BCUT2D eigenvalue weighted by Gasteiger charge is -2.25. The van der Waals surface area contributed by atoms with Crippen LogP contribution < -0.4 is 4.74 Å². The van der Waals surface area contributed by atoms with Crippen molar-refractivity contribution in [1.82, 2.24) is 19.8 Å². The van der Waals surface area contributed by atoms with Gasteiger partial charge in [0.2, 0.25) is 5.88 Å². The first-order valence-electron chi connectivity index (χ1n) is 11.2. The summed E-state index contributed by atoms with van der Waals surface area (Å²) in [7, 11) is 0. The summed E-state index contributed by atoms with van der Waals surface area (Å²) in [5.41, 5.74) is -0.597. The van der Waals surface area contributed by atoms with Crippen LogP contribution in [0.5, 0.6) is 5.88 Å². The molecule has 0 unspecified atom stereocenters. The summed E-state index contributed by atoms with van der Waals surface area (Å²) in [6.45, 7) is 2.06. The second kappa shape index (κ2) is 8.55. The lowest BCUT2D eigenvalue weighted by Crippen LogP contribution is -2.40. The highest BCUT2D eigenvalue weighted by molar-refractivity contribution is 5.94. The molecule has 10 heteroatoms. The molecule has 0 bridgehead atoms. The summed E-state index contributed by atoms with van der Waals surface area (Å²) in [4.78, 5) is 25.4. The molecule has 33 heavy (non-hydrogen) atoms. The molecule has 0 spiro atoms. The largest absolute Gasteiger partial charge is 0.472 e. The number of alkyl halides is 3. The number of hydrogen-bond donors (Lipinski definition) is 0. The molecule has 3 aliphatic rings. The molecule has 1 saturated carbocycles. The van der Waals surface area contributed by atoms with Gasteiger partial charge in [0.05, 0.1) is 29.2 Å². The van der Waals surface area contributed by atoms with E-state index in [9.17, 15) is 22.4 Å². The van der Waals surface area contributed by atoms with E-state index >= 15 is 0 Å². The van der Waals surface area contributed by atoms with Gasteiger partial charge in [-0.3, -0.25) is 14.7 Å². The van der Waals surface area contributed by atoms with Crippen molar-refractivity contribution in [3.63, 3.8) is 0 Å². The number of amides is 1. The van der Waals surface area contributed by atoms with Gasteiger partial charge in [0.1, 0.15) is 11.9 Å². The molecule has 1 aromatic carbocycles. The average Bonchev–Trinajstić information content (AvgIpc) is 3.58. The van der Waals surface area contributed by atoms with Crippen molar-refractivity contribution in [2.45, 2.75) is 49.9 Å². The smallest absolute Gasteiger partial charge is 0.416 e. The lowest BCUT2D eigenvalue weighted by atomic mass is 10.1. The average molecular weight is 464 g/mol. The third kappa shape index (κ3) is 4.80. The minimum atomic E-state index is -4.64. The molecule has 3 heterocycles. The molecule has 1 amide bonds. The van der Waals surface area contributed by atoms with Gasteiger partial charge in [-0.05, 0) is 37.5 Å². The van der Waals surface area contributed by atoms with Crippen molar-refractivity contribution < 1.29 is 27.1 Å². The number of nitrogens with zero attached hydrogens (tertiary/aromatic N) is 4. The molecule has 2 aliphatic heterocycles. The van der Waals surface area contributed by atoms with Gasteiger partial charge in [0, 0.05) is 44.6 Å². The summed E-state index contributed by atoms with van der Waals surface area (Å²) in [6.07, 6.45) is 2.20. The van der Waals surface area contributed by atoms with Crippen molar-refractivity contribution in [2.75, 3.05) is 26.2 Å². The fourth-order valence-corrected chi connectivity index (χ4v) is 4.67. The van der Waals surface area contributed by atoms with Crippen LogP contribution >= 0.6 is 0 Å². The first kappa shape index (κ1) is 22.1. The van der Waals surface area contributed by atoms with Crippen LogP contribution in [0, 0.1) is 5.82 Å². The molecule has 3 fully saturated rings. The van der Waals surface area contributed by atoms with Gasteiger partial charge in [-0.25, -0.2) is 9.37 Å². The fourth-order valence-electron chi connectivity index (χ4n) is 4.67. The maximum atomic E-state index is 14.3. The molecular formula is C23H24F4N4O2. The Balaban J connectivity index is 1.25. The minimum absolute atomic E-state index is 0.0194. The second-order valence-electron chi connectivity index (χ2n) is 8.98. The van der Waals surface area contributed by atoms with E-state index in [1.807, 2.05) is 0 Å². The van der Waals surface area contributed by atoms with Gasteiger partial charge in [0.15, 0.2) is 0 Å². The first-order chi connectivity index (χ1) is 15.8. The highest BCUT2D eigenvalue weighted by Gasteiger charge is 2.38. The zero-order chi connectivity index (χ0) is 23.2. The van der Waals surface area contributed by atoms with Crippen LogP contribution in [-0.2, 0) is 6.18 Å². The number of benzene rings is 1. The number of halogens is 4. The third-order valence-electron chi connectivity index (χ3n) is 6.54. The Hall–Kier alpha value is -2.75. The van der Waals surface area contributed by atoms with Gasteiger partial charge in [-0.1, -0.05) is 0 Å². The Morgan fingerprint density at radius 3 is 2.61 bits per heavy atom. The Morgan fingerprint density at radius 1 is 1.09 bits per heavy atom. The minimum Gasteiger partial charge on any atom is -0.472 e. The van der Waals surface area contributed by atoms with Crippen molar-refractivity contribution in [2.24, 2.45) is 0 Å². The van der Waals surface area contributed by atoms with E-state index in [4.69, 9.17) is 4.74 Å². The standard InChI is InChI=1S/C23H24F4N4O2/c24-19-5-4-15(23(25,26)27)8-18(19)22(32)31-7-1-6-30-13-17(9-16(30)12-31)33-21-11-28-20(10-29-21)14-2-3-14/h4-5,8,10-11,14,16-17H,1-3,6-7,9,12-13H2/t16-,17+/m1/s1. The summed E-state index contributed by atoms with van der Waals surface area (Å²) < 4.78 is 59.4. The summed E-state index contributed by atoms with van der Waals surface area (Å²) in [5.74, 6) is -0.691. The predicted molar refractivity (Wildman–Crippen MR) is 110 cm³/mol. The van der Waals surface area contributed by atoms with Gasteiger partial charge in [0.25, 0.3) is 5.91 Å². The van der Waals surface area contributed by atoms with Crippen LogP contribution in [0.4, 0.5) is 17.6 Å². The van der Waals surface area contributed by atoms with Crippen LogP contribution in [0.2, 0.25) is 0 Å². The molecule has 2 atom stereocenters. The number of fused-ring (bicyclic) bond motifs is 1. The Morgan fingerprint density at radius 2 is 1.91 bits per heavy atom. The van der Waals surface area contributed by atoms with E-state index in [1.165, 1.54) is 4.90 Å². The highest BCUT2D eigenvalue weighted by atomic mass is 19.4. The lowest BCUT2D eigenvalue weighted by molar-refractivity contribution is -0.137. The van der Waals surface area contributed by atoms with Gasteiger partial charge in [-0.2, -0.15) is 13.2 Å². The number of carbonyl (C=O) groups is 1. The van der Waals surface area contributed by atoms with Crippen LogP contribution in [0.3, 0.4) is 0 Å². The predicted octanol–water partition coefficient (Wildman–Crippen LogP) is 3.88. The van der Waals surface area contributed by atoms with Crippen molar-refractivity contribution in [1.29, 1.82) is 0 Å². The van der Waals surface area contributed by atoms with Crippen molar-refractivity contribution in [3.8, 4) is 5.88 Å². The maximum absolute atomic E-state index is 14.3. The zero-order valence-electron chi connectivity index (χ0n) is 17.9. The molecule has 1 aliphatic carbocycles. The van der Waals surface area contributed by atoms with E-state index in [0.717, 1.165) is 25.1 Å². The molecule has 5 rings (SSSR count). The second-order valence-corrected chi connectivity index (χ2v) is 8.98. The number of carbonyl (C=O) groups excluding carboxylic acids is 1. The summed E-state index contributed by atoms with van der Waals surface area (Å²) >= 11 is 0. The first-order valence-corrected chi connectivity index (χ1v) is 11.2. The van der Waals surface area contributed by atoms with Gasteiger partial charge in [-0.15, -0.1) is 0 Å². The Bertz CT molecular complexity index is 1030. The third-order valence-corrected chi connectivity index (χ3v) is 6.54. The zero-order valence-corrected chi connectivity index (χ0v) is 17.9. The molecule has 2 aromatic rings. The summed E-state index contributed by atoms with van der Waals surface area (Å²) in [6, 6.07) is 1.93. The van der Waals surface area contributed by atoms with E-state index < -0.39 is 29.0 Å². The van der Waals surface area contributed by atoms with E-state index in [1.54, 1.807) is 12.4 Å². The SMILES string of the molecule is O=C(c1cc(C(F)(F)F)ccc1F)N1CCCN2C[C@@H](Oc3cnc(C4CC4)cn3)C[C@@H]2C1. The quantitative estimate of drug-likeness (QED) is 0.643. The maximum Gasteiger partial charge on any atom is 0.416 e. The topological polar surface area (TPSA) is 58.6 Å². The van der Waals surface area contributed by atoms with Gasteiger partial charge < -0.3 is 9.64 Å². The van der Waals surface area contributed by atoms with E-state index in [0.29, 0.717) is 62.5 Å². The number of rotatable bonds is 4. The molecule has 0 N–H and O–H groups in total. The highest BCUT2D eigenvalue weighted by Crippen LogP contribution is 2.38. The molecule has 1 aromatic heterocycles. The monoisotopic (exact) mass is 464 g/mol. The summed E-state index contributed by atoms with van der Waals surface area (Å²) in [5, 5.41) is 0. The molecule has 2 saturated heterocycles. The molecule has 0 radical (unpaired) electrons. The van der Waals surface area contributed by atoms with Crippen LogP contribution in [0.15, 0.2) is 30.6 Å². The number of aromatic nitrogens is 2. The van der Waals surface area contributed by atoms with Crippen molar-refractivity contribution in [3.05, 3.63) is 53.2 Å². The Kier molecular flexibility index (Phi) is 5.72. The van der Waals surface area contributed by atoms with Crippen LogP contribution in [0.1, 0.15) is 53.2 Å². The van der Waals surface area contributed by atoms with Crippen LogP contribution in [0.25, 0.3) is 0 Å². The van der Waals surface area contributed by atoms with E-state index in [-0.39, 0.29) is 12.1 Å². The fraction of sp³-hybridized carbons (Fsp3) is 0.522. The van der Waals surface area contributed by atoms with Crippen LogP contribution in [-0.4, -0.2) is 64.0 Å². The number of ether oxygens (including phenoxy) is 1. The van der Waals surface area contributed by atoms with Crippen molar-refractivity contribution >= 4 is 5.91 Å². The molecular weight excluding hydrogens is 440 g/mol. The normalized spacial score (nSPS) is 23.8.